The van der Waals surface area contributed by atoms with Crippen LogP contribution in [0.15, 0.2) is 48.5 Å². The van der Waals surface area contributed by atoms with Crippen molar-refractivity contribution in [2.24, 2.45) is 0 Å². The molecule has 0 fully saturated rings. The topological polar surface area (TPSA) is 73.9 Å². The fourth-order valence-corrected chi connectivity index (χ4v) is 2.62. The summed E-state index contributed by atoms with van der Waals surface area (Å²) in [6, 6.07) is 12.5. The average molecular weight is 388 g/mol. The fourth-order valence-electron chi connectivity index (χ4n) is 2.41. The highest BCUT2D eigenvalue weighted by molar-refractivity contribution is 6.30. The summed E-state index contributed by atoms with van der Waals surface area (Å²) in [6.07, 6.45) is 2.85. The second-order valence-corrected chi connectivity index (χ2v) is 6.19. The van der Waals surface area contributed by atoms with E-state index in [0.717, 1.165) is 11.1 Å². The molecule has 1 heterocycles. The Morgan fingerprint density at radius 3 is 2.74 bits per heavy atom. The highest BCUT2D eigenvalue weighted by atomic mass is 35.5. The van der Waals surface area contributed by atoms with E-state index in [9.17, 15) is 9.59 Å². The highest BCUT2D eigenvalue weighted by Gasteiger charge is 2.11. The van der Waals surface area contributed by atoms with Crippen LogP contribution in [0.25, 0.3) is 6.08 Å². The van der Waals surface area contributed by atoms with Gasteiger partial charge < -0.3 is 19.5 Å². The van der Waals surface area contributed by atoms with Gasteiger partial charge in [-0.05, 0) is 41.5 Å². The Balaban J connectivity index is 1.43. The van der Waals surface area contributed by atoms with Gasteiger partial charge in [-0.15, -0.1) is 0 Å². The number of carbonyl (C=O) groups is 2. The minimum atomic E-state index is -0.609. The lowest BCUT2D eigenvalue weighted by molar-refractivity contribution is -0.143. The molecule has 27 heavy (non-hydrogen) atoms. The Morgan fingerprint density at radius 2 is 1.93 bits per heavy atom. The lowest BCUT2D eigenvalue weighted by atomic mass is 10.2. The van der Waals surface area contributed by atoms with Crippen molar-refractivity contribution in [3.05, 3.63) is 64.7 Å². The molecule has 0 aromatic heterocycles. The molecule has 140 valence electrons. The zero-order valence-electron chi connectivity index (χ0n) is 14.4. The normalized spacial score (nSPS) is 12.6. The van der Waals surface area contributed by atoms with Gasteiger partial charge >= 0.3 is 5.97 Å². The van der Waals surface area contributed by atoms with Crippen molar-refractivity contribution < 1.29 is 23.8 Å². The third-order valence-electron chi connectivity index (χ3n) is 3.70. The SMILES string of the molecule is O=C(COC(=O)/C=C/c1ccc2c(c1)OCCO2)NCc1cccc(Cl)c1. The number of rotatable bonds is 6. The molecule has 1 N–H and O–H groups in total. The van der Waals surface area contributed by atoms with E-state index >= 15 is 0 Å². The molecule has 2 aromatic rings. The van der Waals surface area contributed by atoms with Gasteiger partial charge in [0.25, 0.3) is 5.91 Å². The van der Waals surface area contributed by atoms with Gasteiger partial charge in [0.15, 0.2) is 18.1 Å². The first-order valence-corrected chi connectivity index (χ1v) is 8.73. The van der Waals surface area contributed by atoms with Crippen molar-refractivity contribution in [3.63, 3.8) is 0 Å². The van der Waals surface area contributed by atoms with Gasteiger partial charge in [-0.25, -0.2) is 4.79 Å². The number of hydrogen-bond donors (Lipinski definition) is 1. The van der Waals surface area contributed by atoms with Crippen molar-refractivity contribution in [1.29, 1.82) is 0 Å². The largest absolute Gasteiger partial charge is 0.486 e. The lowest BCUT2D eigenvalue weighted by Gasteiger charge is -2.18. The number of benzene rings is 2. The summed E-state index contributed by atoms with van der Waals surface area (Å²) < 4.78 is 15.9. The predicted molar refractivity (Wildman–Crippen MR) is 101 cm³/mol. The van der Waals surface area contributed by atoms with Crippen LogP contribution >= 0.6 is 11.6 Å². The Kier molecular flexibility index (Phi) is 6.33. The molecule has 0 saturated carbocycles. The first-order chi connectivity index (χ1) is 13.1. The third-order valence-corrected chi connectivity index (χ3v) is 3.94. The molecule has 0 unspecified atom stereocenters. The molecule has 1 amide bonds. The summed E-state index contributed by atoms with van der Waals surface area (Å²) in [7, 11) is 0. The number of esters is 1. The number of ether oxygens (including phenoxy) is 3. The van der Waals surface area contributed by atoms with E-state index in [4.69, 9.17) is 25.8 Å². The monoisotopic (exact) mass is 387 g/mol. The quantitative estimate of drug-likeness (QED) is 0.609. The molecule has 0 spiro atoms. The molecule has 2 aromatic carbocycles. The third kappa shape index (κ3) is 5.76. The smallest absolute Gasteiger partial charge is 0.331 e. The summed E-state index contributed by atoms with van der Waals surface area (Å²) in [4.78, 5) is 23.5. The second-order valence-electron chi connectivity index (χ2n) is 5.75. The van der Waals surface area contributed by atoms with Crippen LogP contribution in [-0.4, -0.2) is 31.7 Å². The van der Waals surface area contributed by atoms with Gasteiger partial charge in [0.2, 0.25) is 0 Å². The van der Waals surface area contributed by atoms with E-state index in [2.05, 4.69) is 5.32 Å². The maximum absolute atomic E-state index is 11.8. The Morgan fingerprint density at radius 1 is 1.11 bits per heavy atom. The van der Waals surface area contributed by atoms with Crippen molar-refractivity contribution in [2.45, 2.75) is 6.54 Å². The van der Waals surface area contributed by atoms with Crippen LogP contribution in [0, 0.1) is 0 Å². The van der Waals surface area contributed by atoms with E-state index < -0.39 is 11.9 Å². The molecule has 1 aliphatic heterocycles. The maximum Gasteiger partial charge on any atom is 0.331 e. The minimum absolute atomic E-state index is 0.310. The molecule has 0 aliphatic carbocycles. The zero-order valence-corrected chi connectivity index (χ0v) is 15.2. The number of carbonyl (C=O) groups excluding carboxylic acids is 2. The van der Waals surface area contributed by atoms with Crippen molar-refractivity contribution >= 4 is 29.6 Å². The molecule has 0 atom stereocenters. The van der Waals surface area contributed by atoms with Crippen LogP contribution in [0.3, 0.4) is 0 Å². The van der Waals surface area contributed by atoms with Crippen molar-refractivity contribution in [3.8, 4) is 11.5 Å². The summed E-state index contributed by atoms with van der Waals surface area (Å²) in [5.41, 5.74) is 1.63. The fraction of sp³-hybridized carbons (Fsp3) is 0.200. The Bertz CT molecular complexity index is 865. The molecular weight excluding hydrogens is 370 g/mol. The Labute approximate surface area is 161 Å². The van der Waals surface area contributed by atoms with Crippen LogP contribution in [0.5, 0.6) is 11.5 Å². The lowest BCUT2D eigenvalue weighted by Crippen LogP contribution is -2.28. The van der Waals surface area contributed by atoms with Crippen LogP contribution < -0.4 is 14.8 Å². The van der Waals surface area contributed by atoms with E-state index in [1.54, 1.807) is 42.5 Å². The van der Waals surface area contributed by atoms with Gasteiger partial charge in [0, 0.05) is 17.6 Å². The number of fused-ring (bicyclic) bond motifs is 1. The van der Waals surface area contributed by atoms with Gasteiger partial charge in [-0.2, -0.15) is 0 Å². The number of hydrogen-bond acceptors (Lipinski definition) is 5. The molecule has 7 heteroatoms. The van der Waals surface area contributed by atoms with E-state index in [1.165, 1.54) is 6.08 Å². The predicted octanol–water partition coefficient (Wildman–Crippen LogP) is 2.98. The summed E-state index contributed by atoms with van der Waals surface area (Å²) in [5, 5.41) is 3.26. The summed E-state index contributed by atoms with van der Waals surface area (Å²) in [6.45, 7) is 0.968. The van der Waals surface area contributed by atoms with Crippen LogP contribution in [0.1, 0.15) is 11.1 Å². The number of amides is 1. The molecule has 0 saturated heterocycles. The first kappa shape index (κ1) is 18.8. The molecular formula is C20H18ClNO5. The average Bonchev–Trinajstić information content (AvgIpc) is 2.69. The maximum atomic E-state index is 11.8. The molecule has 6 nitrogen and oxygen atoms in total. The summed E-state index contributed by atoms with van der Waals surface area (Å²) >= 11 is 5.88. The van der Waals surface area contributed by atoms with Gasteiger partial charge in [-0.1, -0.05) is 29.8 Å². The van der Waals surface area contributed by atoms with Crippen molar-refractivity contribution in [2.75, 3.05) is 19.8 Å². The van der Waals surface area contributed by atoms with Crippen LogP contribution in [0.4, 0.5) is 0 Å². The zero-order chi connectivity index (χ0) is 19.1. The Hall–Kier alpha value is -2.99. The molecule has 3 rings (SSSR count). The molecule has 0 bridgehead atoms. The van der Waals surface area contributed by atoms with Gasteiger partial charge in [0.1, 0.15) is 13.2 Å². The number of halogens is 1. The first-order valence-electron chi connectivity index (χ1n) is 8.36. The molecule has 0 radical (unpaired) electrons. The summed E-state index contributed by atoms with van der Waals surface area (Å²) in [5.74, 6) is 0.313. The standard InChI is InChI=1S/C20H18ClNO5/c21-16-3-1-2-15(10-16)12-22-19(23)13-27-20(24)7-5-14-4-6-17-18(11-14)26-9-8-25-17/h1-7,10-11H,8-9,12-13H2,(H,22,23)/b7-5+. The second kappa shape index (κ2) is 9.09. The molecule has 1 aliphatic rings. The minimum Gasteiger partial charge on any atom is -0.486 e. The van der Waals surface area contributed by atoms with Gasteiger partial charge in [0.05, 0.1) is 0 Å². The van der Waals surface area contributed by atoms with E-state index in [-0.39, 0.29) is 6.61 Å². The van der Waals surface area contributed by atoms with Gasteiger partial charge in [-0.3, -0.25) is 4.79 Å². The van der Waals surface area contributed by atoms with Crippen LogP contribution in [0.2, 0.25) is 5.02 Å². The van der Waals surface area contributed by atoms with Crippen LogP contribution in [-0.2, 0) is 20.9 Å². The van der Waals surface area contributed by atoms with E-state index in [1.807, 2.05) is 6.07 Å². The van der Waals surface area contributed by atoms with Crippen molar-refractivity contribution in [1.82, 2.24) is 5.32 Å². The highest BCUT2D eigenvalue weighted by Crippen LogP contribution is 2.31. The number of nitrogens with one attached hydrogen (secondary N) is 1. The van der Waals surface area contributed by atoms with E-state index in [0.29, 0.717) is 36.3 Å².